The molecule has 0 spiro atoms. The maximum Gasteiger partial charge on any atom is 0.341 e. The van der Waals surface area contributed by atoms with E-state index in [1.165, 1.54) is 25.1 Å². The van der Waals surface area contributed by atoms with Crippen molar-refractivity contribution in [1.29, 1.82) is 21.6 Å². The number of ether oxygens (including phenoxy) is 5. The van der Waals surface area contributed by atoms with Gasteiger partial charge in [0.25, 0.3) is 17.7 Å². The highest BCUT2D eigenvalue weighted by Gasteiger charge is 2.32. The first-order valence-electron chi connectivity index (χ1n) is 34.7. The van der Waals surface area contributed by atoms with Crippen LogP contribution in [0, 0.1) is 40.4 Å². The smallest absolute Gasteiger partial charge is 0.341 e. The van der Waals surface area contributed by atoms with E-state index in [1.807, 2.05) is 19.0 Å². The first kappa shape index (κ1) is 80.3. The summed E-state index contributed by atoms with van der Waals surface area (Å²) in [6.45, 7) is 6.57. The van der Waals surface area contributed by atoms with E-state index >= 15 is 0 Å². The van der Waals surface area contributed by atoms with Crippen LogP contribution in [0.5, 0.6) is 28.7 Å². The number of carboxylic acids is 1. The number of benzene rings is 3. The molecule has 2 aliphatic carbocycles. The van der Waals surface area contributed by atoms with Gasteiger partial charge in [0.2, 0.25) is 0 Å². The van der Waals surface area contributed by atoms with Crippen LogP contribution in [-0.2, 0) is 4.79 Å². The first-order chi connectivity index (χ1) is 47.4. The topological polar surface area (TPSA) is 473 Å². The molecule has 2 saturated carbocycles. The lowest BCUT2D eigenvalue weighted by Gasteiger charge is -2.29. The van der Waals surface area contributed by atoms with E-state index in [0.29, 0.717) is 140 Å². The molecular weight excluding hydrogens is 1270 g/mol. The molecule has 546 valence electrons. The molecular formula is C70H108N16O13. The fraction of sp³-hybridized carbons (Fsp3) is 0.586. The number of hydrogen-bond donors (Lipinski definition) is 16. The molecule has 29 heteroatoms. The van der Waals surface area contributed by atoms with Crippen molar-refractivity contribution in [2.24, 2.45) is 34.8 Å². The number of nitrogens with one attached hydrogen (secondary N) is 11. The number of Topliss-reactive ketones (excluding diaryl/α,β-unsaturated/α-hetero) is 3. The molecule has 0 unspecified atom stereocenters. The van der Waals surface area contributed by atoms with Gasteiger partial charge in [-0.1, -0.05) is 0 Å². The fourth-order valence-electron chi connectivity index (χ4n) is 11.9. The second-order valence-electron chi connectivity index (χ2n) is 25.8. The zero-order valence-electron chi connectivity index (χ0n) is 58.2. The Labute approximate surface area is 581 Å². The molecule has 2 aliphatic rings. The highest BCUT2D eigenvalue weighted by molar-refractivity contribution is 6.06. The Morgan fingerprint density at radius 1 is 0.434 bits per heavy atom. The lowest BCUT2D eigenvalue weighted by Crippen LogP contribution is -2.38. The minimum absolute atomic E-state index is 0.0436. The molecule has 0 bridgehead atoms. The van der Waals surface area contributed by atoms with Crippen molar-refractivity contribution in [2.45, 2.75) is 167 Å². The summed E-state index contributed by atoms with van der Waals surface area (Å²) in [5, 5.41) is 59.6. The van der Waals surface area contributed by atoms with E-state index in [9.17, 15) is 38.7 Å². The van der Waals surface area contributed by atoms with Gasteiger partial charge in [-0.25, -0.2) is 4.79 Å². The molecule has 0 aromatic heterocycles. The molecule has 2 fully saturated rings. The van der Waals surface area contributed by atoms with Crippen molar-refractivity contribution in [3.8, 4) is 28.7 Å². The van der Waals surface area contributed by atoms with Crippen molar-refractivity contribution >= 4 is 64.9 Å². The van der Waals surface area contributed by atoms with E-state index < -0.39 is 30.3 Å². The number of likely N-dealkylation sites (N-methyl/N-ethyl adjacent to an activating group) is 1. The standard InChI is InChI=1S/C70H108N16O13/c1-44-35-58(99-43-63(90)91)52(38-50(44)56(88)36-46-17-21-48(22-18-46)84-65(93)54-39-51(45(2)87)59(95-31-13-5-9-25-80-67(71)72)41-61(54)97-33-15-7-11-27-82-69(75)76)57(89)37-47-19-23-49(24-20-47)85-66(94)55-40-53(64(92)79-29-30-86(3)4)60(96-32-14-6-10-26-81-68(73)74)42-62(55)98-34-16-8-12-28-83-70(77)78/h35,38-42,46-49H,5-34,36-37,43H2,1-4H3,(H,79,92)(H,84,93)(H,85,94)(H,90,91)(H4,71,72,80)(H4,73,74,81)(H4,75,76,82)(H4,77,78,83)/t46-,47-,48-,49-. The van der Waals surface area contributed by atoms with Gasteiger partial charge in [0.15, 0.2) is 47.8 Å². The van der Waals surface area contributed by atoms with E-state index in [4.69, 9.17) is 68.3 Å². The first-order valence-corrected chi connectivity index (χ1v) is 34.7. The molecule has 0 radical (unpaired) electrons. The summed E-state index contributed by atoms with van der Waals surface area (Å²) in [4.78, 5) is 98.0. The van der Waals surface area contributed by atoms with E-state index in [1.54, 1.807) is 25.1 Å². The number of carboxylic acid groups (broad SMARTS) is 1. The Balaban J connectivity index is 1.24. The summed E-state index contributed by atoms with van der Waals surface area (Å²) in [7, 11) is 3.78. The zero-order valence-corrected chi connectivity index (χ0v) is 58.2. The predicted octanol–water partition coefficient (Wildman–Crippen LogP) is 6.20. The van der Waals surface area contributed by atoms with Crippen molar-refractivity contribution in [1.82, 2.24) is 42.1 Å². The third kappa shape index (κ3) is 29.7. The third-order valence-electron chi connectivity index (χ3n) is 17.3. The van der Waals surface area contributed by atoms with Crippen molar-refractivity contribution in [3.05, 3.63) is 75.3 Å². The molecule has 29 nitrogen and oxygen atoms in total. The summed E-state index contributed by atoms with van der Waals surface area (Å²) in [5.41, 5.74) is 23.4. The Kier molecular flexibility index (Phi) is 34.9. The number of amides is 3. The number of nitrogens with two attached hydrogens (primary N) is 4. The molecule has 0 saturated heterocycles. The SMILES string of the molecule is CC(=O)c1cc(C(=O)N[C@H]2CC[C@H](CC(=O)c3cc(C(=O)C[C@H]4CC[C@H](NC(=O)c5cc(C(=O)NCCN(C)C)c(OCCCCCNC(=N)N)cc5OCCCCCNC(=N)N)CC4)c(OCC(=O)O)cc3C)CC2)c(OCCCCCNC(=N)N)cc1OCCCCCNC(=N)N. The average Bonchev–Trinajstić information content (AvgIpc) is 0.834. The number of carbonyl (C=O) groups excluding carboxylic acids is 6. The maximum absolute atomic E-state index is 14.4. The zero-order chi connectivity index (χ0) is 72.2. The highest BCUT2D eigenvalue weighted by Crippen LogP contribution is 2.37. The lowest BCUT2D eigenvalue weighted by atomic mass is 9.80. The monoisotopic (exact) mass is 1380 g/mol. The second-order valence-corrected chi connectivity index (χ2v) is 25.8. The van der Waals surface area contributed by atoms with Gasteiger partial charge in [0.05, 0.1) is 54.2 Å². The van der Waals surface area contributed by atoms with Crippen LogP contribution in [0.3, 0.4) is 0 Å². The number of aryl methyl sites for hydroxylation is 1. The van der Waals surface area contributed by atoms with Crippen LogP contribution in [0.1, 0.15) is 216 Å². The molecule has 0 heterocycles. The van der Waals surface area contributed by atoms with Gasteiger partial charge in [0, 0.05) is 81.9 Å². The predicted molar refractivity (Wildman–Crippen MR) is 379 cm³/mol. The molecule has 5 rings (SSSR count). The second kappa shape index (κ2) is 43.1. The fourth-order valence-corrected chi connectivity index (χ4v) is 11.9. The van der Waals surface area contributed by atoms with Gasteiger partial charge in [-0.3, -0.25) is 50.4 Å². The number of nitrogens with zero attached hydrogens (tertiary/aromatic N) is 1. The molecule has 20 N–H and O–H groups in total. The number of rotatable bonds is 46. The quantitative estimate of drug-likeness (QED) is 0.0129. The molecule has 0 aliphatic heterocycles. The number of aliphatic carboxylic acids is 1. The Bertz CT molecular complexity index is 3220. The number of carbonyl (C=O) groups is 7. The average molecular weight is 1380 g/mol. The Morgan fingerprint density at radius 3 is 1.14 bits per heavy atom. The normalized spacial score (nSPS) is 15.7. The van der Waals surface area contributed by atoms with Crippen LogP contribution >= 0.6 is 0 Å². The summed E-state index contributed by atoms with van der Waals surface area (Å²) in [5.74, 6) is -2.77. The summed E-state index contributed by atoms with van der Waals surface area (Å²) < 4.78 is 30.5. The van der Waals surface area contributed by atoms with Crippen LogP contribution in [0.2, 0.25) is 0 Å². The Hall–Kier alpha value is -9.41. The number of unbranched alkanes of at least 4 members (excludes halogenated alkanes) is 8. The molecule has 3 amide bonds. The number of hydrogen-bond acceptors (Lipinski definition) is 17. The largest absolute Gasteiger partial charge is 0.493 e. The highest BCUT2D eigenvalue weighted by atomic mass is 16.5. The van der Waals surface area contributed by atoms with E-state index in [2.05, 4.69) is 37.2 Å². The van der Waals surface area contributed by atoms with E-state index in [-0.39, 0.29) is 149 Å². The van der Waals surface area contributed by atoms with Crippen LogP contribution in [0.4, 0.5) is 0 Å². The number of ketones is 3. The van der Waals surface area contributed by atoms with Gasteiger partial charge in [-0.2, -0.15) is 0 Å². The summed E-state index contributed by atoms with van der Waals surface area (Å²) >= 11 is 0. The molecule has 99 heavy (non-hydrogen) atoms. The van der Waals surface area contributed by atoms with Gasteiger partial charge in [0.1, 0.15) is 28.7 Å². The maximum atomic E-state index is 14.4. The van der Waals surface area contributed by atoms with Crippen LogP contribution in [0.25, 0.3) is 0 Å². The van der Waals surface area contributed by atoms with Crippen molar-refractivity contribution < 1.29 is 62.4 Å². The van der Waals surface area contributed by atoms with Crippen LogP contribution < -0.4 is 83.8 Å². The van der Waals surface area contributed by atoms with Crippen molar-refractivity contribution in [2.75, 3.05) is 86.4 Å². The van der Waals surface area contributed by atoms with Gasteiger partial charge >= 0.3 is 5.97 Å². The minimum atomic E-state index is -1.24. The molecule has 3 aromatic rings. The van der Waals surface area contributed by atoms with Crippen molar-refractivity contribution in [3.63, 3.8) is 0 Å². The third-order valence-corrected chi connectivity index (χ3v) is 17.3. The molecule has 3 aromatic carbocycles. The van der Waals surface area contributed by atoms with Gasteiger partial charge < -0.3 is 93.8 Å². The summed E-state index contributed by atoms with van der Waals surface area (Å²) in [6.07, 6.45) is 13.4. The lowest BCUT2D eigenvalue weighted by molar-refractivity contribution is -0.139. The number of guanidine groups is 4. The summed E-state index contributed by atoms with van der Waals surface area (Å²) in [6, 6.07) is 8.74. The molecule has 0 atom stereocenters. The van der Waals surface area contributed by atoms with E-state index in [0.717, 1.165) is 51.4 Å². The minimum Gasteiger partial charge on any atom is -0.493 e. The van der Waals surface area contributed by atoms with Gasteiger partial charge in [-0.05, 0) is 198 Å². The Morgan fingerprint density at radius 2 is 0.778 bits per heavy atom. The van der Waals surface area contributed by atoms with Crippen LogP contribution in [-0.4, -0.2) is 173 Å². The van der Waals surface area contributed by atoms with Crippen LogP contribution in [0.15, 0.2) is 36.4 Å². The van der Waals surface area contributed by atoms with Gasteiger partial charge in [-0.15, -0.1) is 0 Å².